The van der Waals surface area contributed by atoms with E-state index in [9.17, 15) is 4.79 Å². The number of anilines is 1. The van der Waals surface area contributed by atoms with Crippen LogP contribution in [0.15, 0.2) is 28.7 Å². The summed E-state index contributed by atoms with van der Waals surface area (Å²) in [6.07, 6.45) is 6.84. The molecule has 0 bridgehead atoms. The first-order valence-electron chi connectivity index (χ1n) is 9.16. The Balaban J connectivity index is 1.34. The number of aromatic nitrogens is 1. The van der Waals surface area contributed by atoms with Crippen LogP contribution in [0.2, 0.25) is 0 Å². The molecule has 24 heavy (non-hydrogen) atoms. The predicted octanol–water partition coefficient (Wildman–Crippen LogP) is 3.42. The van der Waals surface area contributed by atoms with Gasteiger partial charge < -0.3 is 14.6 Å². The summed E-state index contributed by atoms with van der Waals surface area (Å²) in [6, 6.07) is 8.42. The second-order valence-electron chi connectivity index (χ2n) is 7.70. The van der Waals surface area contributed by atoms with E-state index in [0.717, 1.165) is 43.5 Å². The highest BCUT2D eigenvalue weighted by Crippen LogP contribution is 2.47. The summed E-state index contributed by atoms with van der Waals surface area (Å²) in [5, 5.41) is 3.55. The SMILES string of the molecule is O=C(C1CCCC1)N1C[C@@H]2CC[C@]2(Nc2nc3ccccc3o2)C1. The van der Waals surface area contributed by atoms with Gasteiger partial charge in [0.15, 0.2) is 5.58 Å². The minimum Gasteiger partial charge on any atom is -0.424 e. The quantitative estimate of drug-likeness (QED) is 0.939. The fraction of sp³-hybridized carbons (Fsp3) is 0.579. The molecule has 2 aliphatic carbocycles. The first-order chi connectivity index (χ1) is 11.7. The Bertz CT molecular complexity index is 747. The molecular formula is C19H23N3O2. The molecule has 1 aliphatic heterocycles. The molecule has 1 saturated heterocycles. The van der Waals surface area contributed by atoms with Crippen LogP contribution < -0.4 is 5.32 Å². The summed E-state index contributed by atoms with van der Waals surface area (Å²) in [5.74, 6) is 1.17. The van der Waals surface area contributed by atoms with Crippen molar-refractivity contribution in [3.8, 4) is 0 Å². The van der Waals surface area contributed by atoms with E-state index < -0.39 is 0 Å². The van der Waals surface area contributed by atoms with Crippen molar-refractivity contribution in [1.29, 1.82) is 0 Å². The van der Waals surface area contributed by atoms with Crippen LogP contribution in [-0.2, 0) is 4.79 Å². The van der Waals surface area contributed by atoms with Crippen LogP contribution in [0.1, 0.15) is 38.5 Å². The van der Waals surface area contributed by atoms with Crippen molar-refractivity contribution in [2.24, 2.45) is 11.8 Å². The molecular weight excluding hydrogens is 302 g/mol. The monoisotopic (exact) mass is 325 g/mol. The van der Waals surface area contributed by atoms with Gasteiger partial charge in [0.25, 0.3) is 6.01 Å². The Kier molecular flexibility index (Phi) is 3.12. The van der Waals surface area contributed by atoms with Gasteiger partial charge in [0.05, 0.1) is 5.54 Å². The Morgan fingerprint density at radius 2 is 2.08 bits per heavy atom. The Morgan fingerprint density at radius 3 is 2.83 bits per heavy atom. The molecule has 126 valence electrons. The number of amides is 1. The van der Waals surface area contributed by atoms with Crippen molar-refractivity contribution < 1.29 is 9.21 Å². The van der Waals surface area contributed by atoms with Crippen molar-refractivity contribution >= 4 is 23.0 Å². The number of nitrogens with one attached hydrogen (secondary N) is 1. The van der Waals surface area contributed by atoms with Crippen molar-refractivity contribution in [3.05, 3.63) is 24.3 Å². The molecule has 1 aromatic carbocycles. The molecule has 5 nitrogen and oxygen atoms in total. The number of fused-ring (bicyclic) bond motifs is 2. The van der Waals surface area contributed by atoms with Crippen LogP contribution in [0, 0.1) is 11.8 Å². The van der Waals surface area contributed by atoms with Gasteiger partial charge in [0, 0.05) is 24.9 Å². The van der Waals surface area contributed by atoms with E-state index >= 15 is 0 Å². The Morgan fingerprint density at radius 1 is 1.25 bits per heavy atom. The van der Waals surface area contributed by atoms with Gasteiger partial charge >= 0.3 is 0 Å². The zero-order valence-electron chi connectivity index (χ0n) is 13.8. The van der Waals surface area contributed by atoms with Crippen molar-refractivity contribution in [2.45, 2.75) is 44.1 Å². The van der Waals surface area contributed by atoms with Crippen LogP contribution in [-0.4, -0.2) is 34.4 Å². The Labute approximate surface area is 141 Å². The van der Waals surface area contributed by atoms with E-state index in [1.165, 1.54) is 19.3 Å². The fourth-order valence-corrected chi connectivity index (χ4v) is 4.78. The zero-order chi connectivity index (χ0) is 16.1. The highest BCUT2D eigenvalue weighted by Gasteiger charge is 2.55. The largest absolute Gasteiger partial charge is 0.424 e. The molecule has 2 heterocycles. The molecule has 0 spiro atoms. The molecule has 2 aromatic rings. The second kappa shape index (κ2) is 5.23. The lowest BCUT2D eigenvalue weighted by atomic mass is 9.69. The van der Waals surface area contributed by atoms with Gasteiger partial charge in [-0.3, -0.25) is 4.79 Å². The smallest absolute Gasteiger partial charge is 0.296 e. The number of carbonyl (C=O) groups excluding carboxylic acids is 1. The van der Waals surface area contributed by atoms with Crippen molar-refractivity contribution in [1.82, 2.24) is 9.88 Å². The molecule has 2 saturated carbocycles. The first-order valence-corrected chi connectivity index (χ1v) is 9.16. The summed E-state index contributed by atoms with van der Waals surface area (Å²) >= 11 is 0. The fourth-order valence-electron chi connectivity index (χ4n) is 4.78. The minimum atomic E-state index is -0.0326. The summed E-state index contributed by atoms with van der Waals surface area (Å²) in [7, 11) is 0. The van der Waals surface area contributed by atoms with Gasteiger partial charge in [0.1, 0.15) is 5.52 Å². The average molecular weight is 325 g/mol. The topological polar surface area (TPSA) is 58.4 Å². The molecule has 0 radical (unpaired) electrons. The molecule has 1 amide bonds. The Hall–Kier alpha value is -2.04. The molecule has 5 heteroatoms. The van der Waals surface area contributed by atoms with E-state index in [4.69, 9.17) is 4.42 Å². The van der Waals surface area contributed by atoms with Crippen LogP contribution in [0.25, 0.3) is 11.1 Å². The number of benzene rings is 1. The molecule has 1 aromatic heterocycles. The van der Waals surface area contributed by atoms with E-state index in [1.54, 1.807) is 0 Å². The highest BCUT2D eigenvalue weighted by atomic mass is 16.4. The maximum absolute atomic E-state index is 12.8. The molecule has 2 atom stereocenters. The van der Waals surface area contributed by atoms with E-state index in [-0.39, 0.29) is 11.5 Å². The molecule has 5 rings (SSSR count). The van der Waals surface area contributed by atoms with Crippen LogP contribution in [0.5, 0.6) is 0 Å². The summed E-state index contributed by atoms with van der Waals surface area (Å²) in [4.78, 5) is 19.4. The van der Waals surface area contributed by atoms with Gasteiger partial charge in [0.2, 0.25) is 5.91 Å². The van der Waals surface area contributed by atoms with E-state index in [2.05, 4.69) is 15.2 Å². The van der Waals surface area contributed by atoms with E-state index in [0.29, 0.717) is 17.8 Å². The molecule has 1 N–H and O–H groups in total. The molecule has 0 unspecified atom stereocenters. The minimum absolute atomic E-state index is 0.0326. The summed E-state index contributed by atoms with van der Waals surface area (Å²) in [5.41, 5.74) is 1.66. The standard InChI is InChI=1S/C19H23N3O2/c23-17(13-5-1-2-6-13)22-11-14-9-10-19(14,12-22)21-18-20-15-7-3-4-8-16(15)24-18/h3-4,7-8,13-14H,1-2,5-6,9-12H2,(H,20,21)/t14-,19-/m0/s1. The summed E-state index contributed by atoms with van der Waals surface area (Å²) < 4.78 is 5.85. The van der Waals surface area contributed by atoms with Gasteiger partial charge in [-0.1, -0.05) is 25.0 Å². The van der Waals surface area contributed by atoms with Gasteiger partial charge in [-0.2, -0.15) is 4.98 Å². The normalized spacial score (nSPS) is 29.7. The molecule has 3 aliphatic rings. The van der Waals surface area contributed by atoms with Crippen LogP contribution in [0.3, 0.4) is 0 Å². The number of para-hydroxylation sites is 2. The molecule has 3 fully saturated rings. The lowest BCUT2D eigenvalue weighted by molar-refractivity contribution is -0.134. The maximum atomic E-state index is 12.8. The van der Waals surface area contributed by atoms with E-state index in [1.807, 2.05) is 24.3 Å². The second-order valence-corrected chi connectivity index (χ2v) is 7.70. The lowest BCUT2D eigenvalue weighted by Gasteiger charge is -2.43. The number of carbonyl (C=O) groups is 1. The van der Waals surface area contributed by atoms with Gasteiger partial charge in [-0.05, 0) is 37.8 Å². The first kappa shape index (κ1) is 14.3. The third-order valence-corrected chi connectivity index (χ3v) is 6.30. The van der Waals surface area contributed by atoms with Crippen LogP contribution >= 0.6 is 0 Å². The zero-order valence-corrected chi connectivity index (χ0v) is 13.8. The number of nitrogens with zero attached hydrogens (tertiary/aromatic N) is 2. The summed E-state index contributed by atoms with van der Waals surface area (Å²) in [6.45, 7) is 1.69. The average Bonchev–Trinajstić information content (AvgIpc) is 3.28. The van der Waals surface area contributed by atoms with Crippen LogP contribution in [0.4, 0.5) is 6.01 Å². The van der Waals surface area contributed by atoms with Crippen molar-refractivity contribution in [3.63, 3.8) is 0 Å². The third kappa shape index (κ3) is 2.14. The highest BCUT2D eigenvalue weighted by molar-refractivity contribution is 5.80. The number of oxazole rings is 1. The van der Waals surface area contributed by atoms with Gasteiger partial charge in [-0.15, -0.1) is 0 Å². The number of likely N-dealkylation sites (tertiary alicyclic amines) is 1. The third-order valence-electron chi connectivity index (χ3n) is 6.30. The maximum Gasteiger partial charge on any atom is 0.296 e. The number of hydrogen-bond donors (Lipinski definition) is 1. The number of rotatable bonds is 3. The van der Waals surface area contributed by atoms with Gasteiger partial charge in [-0.25, -0.2) is 0 Å². The lowest BCUT2D eigenvalue weighted by Crippen LogP contribution is -2.53. The number of hydrogen-bond acceptors (Lipinski definition) is 4. The predicted molar refractivity (Wildman–Crippen MR) is 91.6 cm³/mol. The van der Waals surface area contributed by atoms with Crippen molar-refractivity contribution in [2.75, 3.05) is 18.4 Å².